The predicted molar refractivity (Wildman–Crippen MR) is 89.4 cm³/mol. The molecule has 0 saturated carbocycles. The first kappa shape index (κ1) is 14.8. The molecule has 2 aromatic rings. The van der Waals surface area contributed by atoms with E-state index in [0.717, 1.165) is 0 Å². The van der Waals surface area contributed by atoms with Gasteiger partial charge in [0.2, 0.25) is 0 Å². The van der Waals surface area contributed by atoms with Gasteiger partial charge in [0.25, 0.3) is 0 Å². The van der Waals surface area contributed by atoms with Gasteiger partial charge in [0.1, 0.15) is 0 Å². The van der Waals surface area contributed by atoms with E-state index in [-0.39, 0.29) is 0 Å². The summed E-state index contributed by atoms with van der Waals surface area (Å²) in [5.41, 5.74) is 1.43. The second-order valence-corrected chi connectivity index (χ2v) is 7.48. The molecule has 1 aromatic carbocycles. The van der Waals surface area contributed by atoms with Crippen LogP contribution in [0.4, 0.5) is 0 Å². The standard InChI is InChI=1S/C17H21BrS/c1-4-12(2)16(14-8-6-5-7-9-14)17(18)15-11-10-13(3)19-15/h5-12,16-17H,4H2,1-3H3. The molecule has 0 amide bonds. The molecule has 0 fully saturated rings. The largest absolute Gasteiger partial charge is 0.145 e. The van der Waals surface area contributed by atoms with E-state index in [1.165, 1.54) is 21.7 Å². The average molecular weight is 337 g/mol. The lowest BCUT2D eigenvalue weighted by Crippen LogP contribution is -2.13. The molecule has 3 unspecified atom stereocenters. The topological polar surface area (TPSA) is 0 Å². The second kappa shape index (κ2) is 6.71. The Balaban J connectivity index is 2.33. The molecule has 102 valence electrons. The van der Waals surface area contributed by atoms with E-state index < -0.39 is 0 Å². The van der Waals surface area contributed by atoms with Gasteiger partial charge in [-0.15, -0.1) is 11.3 Å². The Kier molecular flexibility index (Phi) is 5.23. The van der Waals surface area contributed by atoms with Gasteiger partial charge in [0.05, 0.1) is 4.83 Å². The van der Waals surface area contributed by atoms with Gasteiger partial charge in [-0.25, -0.2) is 0 Å². The Morgan fingerprint density at radius 2 is 1.79 bits per heavy atom. The van der Waals surface area contributed by atoms with Crippen molar-refractivity contribution in [3.05, 3.63) is 57.8 Å². The Morgan fingerprint density at radius 1 is 1.11 bits per heavy atom. The Labute approximate surface area is 129 Å². The number of thiophene rings is 1. The van der Waals surface area contributed by atoms with Crippen molar-refractivity contribution in [2.24, 2.45) is 5.92 Å². The van der Waals surface area contributed by atoms with Crippen molar-refractivity contribution in [1.82, 2.24) is 0 Å². The van der Waals surface area contributed by atoms with Crippen LogP contribution in [0, 0.1) is 12.8 Å². The van der Waals surface area contributed by atoms with Gasteiger partial charge in [0.15, 0.2) is 0 Å². The van der Waals surface area contributed by atoms with Gasteiger partial charge in [-0.2, -0.15) is 0 Å². The van der Waals surface area contributed by atoms with Crippen LogP contribution in [0.1, 0.15) is 46.3 Å². The summed E-state index contributed by atoms with van der Waals surface area (Å²) in [7, 11) is 0. The SMILES string of the molecule is CCC(C)C(c1ccccc1)C(Br)c1ccc(C)s1. The normalized spacial score (nSPS) is 16.0. The molecule has 3 atom stereocenters. The number of benzene rings is 1. The van der Waals surface area contributed by atoms with Crippen LogP contribution in [-0.2, 0) is 0 Å². The molecular formula is C17H21BrS. The highest BCUT2D eigenvalue weighted by atomic mass is 79.9. The summed E-state index contributed by atoms with van der Waals surface area (Å²) in [5, 5.41) is 0. The molecule has 2 heteroatoms. The predicted octanol–water partition coefficient (Wildman–Crippen LogP) is 6.32. The maximum atomic E-state index is 3.95. The molecule has 0 nitrogen and oxygen atoms in total. The van der Waals surface area contributed by atoms with E-state index in [9.17, 15) is 0 Å². The third kappa shape index (κ3) is 3.49. The maximum absolute atomic E-state index is 3.95. The Bertz CT molecular complexity index is 503. The molecule has 1 heterocycles. The van der Waals surface area contributed by atoms with E-state index in [4.69, 9.17) is 0 Å². The minimum Gasteiger partial charge on any atom is -0.145 e. The summed E-state index contributed by atoms with van der Waals surface area (Å²) in [5.74, 6) is 1.19. The van der Waals surface area contributed by atoms with Gasteiger partial charge >= 0.3 is 0 Å². The van der Waals surface area contributed by atoms with Crippen LogP contribution >= 0.6 is 27.3 Å². The van der Waals surface area contributed by atoms with Crippen molar-refractivity contribution in [2.75, 3.05) is 0 Å². The number of hydrogen-bond donors (Lipinski definition) is 0. The lowest BCUT2D eigenvalue weighted by molar-refractivity contribution is 0.442. The number of hydrogen-bond acceptors (Lipinski definition) is 1. The minimum atomic E-state index is 0.406. The molecule has 0 aliphatic heterocycles. The maximum Gasteiger partial charge on any atom is 0.0560 e. The number of halogens is 1. The minimum absolute atomic E-state index is 0.406. The fourth-order valence-electron chi connectivity index (χ4n) is 2.49. The Morgan fingerprint density at radius 3 is 2.32 bits per heavy atom. The number of rotatable bonds is 5. The van der Waals surface area contributed by atoms with Gasteiger partial charge in [-0.05, 0) is 30.5 Å². The molecule has 0 radical (unpaired) electrons. The zero-order chi connectivity index (χ0) is 13.8. The molecule has 19 heavy (non-hydrogen) atoms. The van der Waals surface area contributed by atoms with Crippen LogP contribution in [0.3, 0.4) is 0 Å². The average Bonchev–Trinajstić information content (AvgIpc) is 2.86. The molecule has 1 aromatic heterocycles. The second-order valence-electron chi connectivity index (χ2n) is 5.17. The Hall–Kier alpha value is -0.600. The number of alkyl halides is 1. The van der Waals surface area contributed by atoms with Crippen LogP contribution in [-0.4, -0.2) is 0 Å². The monoisotopic (exact) mass is 336 g/mol. The van der Waals surface area contributed by atoms with E-state index >= 15 is 0 Å². The molecule has 0 aliphatic carbocycles. The van der Waals surface area contributed by atoms with Crippen molar-refractivity contribution in [2.45, 2.75) is 37.9 Å². The molecule has 2 rings (SSSR count). The summed E-state index contributed by atoms with van der Waals surface area (Å²) < 4.78 is 0. The van der Waals surface area contributed by atoms with Crippen LogP contribution < -0.4 is 0 Å². The summed E-state index contributed by atoms with van der Waals surface area (Å²) in [4.78, 5) is 3.23. The highest BCUT2D eigenvalue weighted by Crippen LogP contribution is 2.45. The van der Waals surface area contributed by atoms with Gasteiger partial charge in [-0.1, -0.05) is 66.5 Å². The highest BCUT2D eigenvalue weighted by Gasteiger charge is 2.27. The third-order valence-electron chi connectivity index (χ3n) is 3.79. The quantitative estimate of drug-likeness (QED) is 0.560. The lowest BCUT2D eigenvalue weighted by Gasteiger charge is -2.28. The fourth-order valence-corrected chi connectivity index (χ4v) is 4.66. The van der Waals surface area contributed by atoms with E-state index in [1.54, 1.807) is 0 Å². The van der Waals surface area contributed by atoms with Crippen molar-refractivity contribution in [3.63, 3.8) is 0 Å². The number of aryl methyl sites for hydroxylation is 1. The molecule has 0 spiro atoms. The van der Waals surface area contributed by atoms with Crippen LogP contribution in [0.15, 0.2) is 42.5 Å². The van der Waals surface area contributed by atoms with Crippen LogP contribution in [0.25, 0.3) is 0 Å². The van der Waals surface area contributed by atoms with Gasteiger partial charge in [-0.3, -0.25) is 0 Å². The summed E-state index contributed by atoms with van der Waals surface area (Å²) in [6.07, 6.45) is 1.20. The van der Waals surface area contributed by atoms with Crippen molar-refractivity contribution < 1.29 is 0 Å². The van der Waals surface area contributed by atoms with Crippen molar-refractivity contribution in [3.8, 4) is 0 Å². The first-order valence-electron chi connectivity index (χ1n) is 6.88. The molecule has 0 saturated heterocycles. The van der Waals surface area contributed by atoms with Crippen LogP contribution in [0.5, 0.6) is 0 Å². The zero-order valence-corrected chi connectivity index (χ0v) is 14.2. The highest BCUT2D eigenvalue weighted by molar-refractivity contribution is 9.09. The van der Waals surface area contributed by atoms with Gasteiger partial charge < -0.3 is 0 Å². The smallest absolute Gasteiger partial charge is 0.0560 e. The molecule has 0 aliphatic rings. The summed E-state index contributed by atoms with van der Waals surface area (Å²) in [6.45, 7) is 6.81. The molecule has 0 bridgehead atoms. The van der Waals surface area contributed by atoms with Crippen molar-refractivity contribution >= 4 is 27.3 Å². The van der Waals surface area contributed by atoms with E-state index in [2.05, 4.69) is 79.2 Å². The fraction of sp³-hybridized carbons (Fsp3) is 0.412. The molecule has 0 N–H and O–H groups in total. The van der Waals surface area contributed by atoms with Gasteiger partial charge in [0, 0.05) is 15.7 Å². The zero-order valence-electron chi connectivity index (χ0n) is 11.8. The van der Waals surface area contributed by atoms with E-state index in [0.29, 0.717) is 16.7 Å². The first-order chi connectivity index (χ1) is 9.13. The van der Waals surface area contributed by atoms with E-state index in [1.807, 2.05) is 11.3 Å². The van der Waals surface area contributed by atoms with Crippen molar-refractivity contribution in [1.29, 1.82) is 0 Å². The third-order valence-corrected chi connectivity index (χ3v) is 6.24. The summed E-state index contributed by atoms with van der Waals surface area (Å²) in [6, 6.07) is 15.4. The lowest BCUT2D eigenvalue weighted by atomic mass is 9.83. The van der Waals surface area contributed by atoms with Crippen LogP contribution in [0.2, 0.25) is 0 Å². The summed E-state index contributed by atoms with van der Waals surface area (Å²) >= 11 is 5.85. The molecular weight excluding hydrogens is 316 g/mol. The first-order valence-corrected chi connectivity index (χ1v) is 8.62.